The van der Waals surface area contributed by atoms with Gasteiger partial charge in [-0.2, -0.15) is 0 Å². The number of aryl methyl sites for hydroxylation is 1. The van der Waals surface area contributed by atoms with Crippen LogP contribution in [0.1, 0.15) is 35.6 Å². The second-order valence-corrected chi connectivity index (χ2v) is 4.34. The summed E-state index contributed by atoms with van der Waals surface area (Å²) in [6, 6.07) is 0.782. The fourth-order valence-corrected chi connectivity index (χ4v) is 2.15. The van der Waals surface area contributed by atoms with Crippen molar-refractivity contribution in [2.45, 2.75) is 32.2 Å². The van der Waals surface area contributed by atoms with Gasteiger partial charge in [-0.1, -0.05) is 0 Å². The number of nitrogens with zero attached hydrogens (tertiary/aromatic N) is 3. The monoisotopic (exact) mass is 249 g/mol. The molecule has 1 fully saturated rings. The molecule has 1 aromatic rings. The average Bonchev–Trinajstić information content (AvgIpc) is 2.38. The summed E-state index contributed by atoms with van der Waals surface area (Å²) in [7, 11) is 0. The number of aliphatic carboxylic acids is 1. The fourth-order valence-electron chi connectivity index (χ4n) is 2.15. The van der Waals surface area contributed by atoms with Crippen LogP contribution in [0.3, 0.4) is 0 Å². The lowest BCUT2D eigenvalue weighted by Crippen LogP contribution is -2.48. The number of hydrogen-bond acceptors (Lipinski definition) is 4. The number of rotatable bonds is 2. The Labute approximate surface area is 105 Å². The molecule has 0 bridgehead atoms. The van der Waals surface area contributed by atoms with Crippen LogP contribution in [0.4, 0.5) is 0 Å². The average molecular weight is 249 g/mol. The second-order valence-electron chi connectivity index (χ2n) is 4.34. The lowest BCUT2D eigenvalue weighted by molar-refractivity contribution is -0.143. The zero-order valence-electron chi connectivity index (χ0n) is 10.2. The minimum absolute atomic E-state index is 0.260. The maximum absolute atomic E-state index is 12.2. The number of carbonyl (C=O) groups excluding carboxylic acids is 1. The highest BCUT2D eigenvalue weighted by Gasteiger charge is 2.32. The maximum Gasteiger partial charge on any atom is 0.326 e. The van der Waals surface area contributed by atoms with Crippen LogP contribution in [0.5, 0.6) is 0 Å². The van der Waals surface area contributed by atoms with E-state index in [1.54, 1.807) is 6.92 Å². The third-order valence-corrected chi connectivity index (χ3v) is 3.04. The van der Waals surface area contributed by atoms with E-state index in [4.69, 9.17) is 5.11 Å². The lowest BCUT2D eigenvalue weighted by atomic mass is 10.0. The van der Waals surface area contributed by atoms with E-state index >= 15 is 0 Å². The van der Waals surface area contributed by atoms with Gasteiger partial charge in [-0.15, -0.1) is 0 Å². The molecular weight excluding hydrogens is 234 g/mol. The Balaban J connectivity index is 2.23. The van der Waals surface area contributed by atoms with Crippen molar-refractivity contribution in [1.82, 2.24) is 14.9 Å². The number of aromatic nitrogens is 2. The first-order valence-electron chi connectivity index (χ1n) is 5.93. The molecule has 1 atom stereocenters. The largest absolute Gasteiger partial charge is 0.480 e. The number of carbonyl (C=O) groups is 2. The SMILES string of the molecule is Cc1nccc(C(=O)N2CCCCC2C(=O)O)n1. The van der Waals surface area contributed by atoms with Crippen LogP contribution in [-0.2, 0) is 4.79 Å². The Morgan fingerprint density at radius 2 is 2.22 bits per heavy atom. The standard InChI is InChI=1S/C12H15N3O3/c1-8-13-6-5-9(14-8)11(16)15-7-3-2-4-10(15)12(17)18/h5-6,10H,2-4,7H2,1H3,(H,17,18). The van der Waals surface area contributed by atoms with Gasteiger partial charge >= 0.3 is 5.97 Å². The predicted molar refractivity (Wildman–Crippen MR) is 63.1 cm³/mol. The number of carboxylic acids is 1. The van der Waals surface area contributed by atoms with Crippen LogP contribution in [0.25, 0.3) is 0 Å². The first kappa shape index (κ1) is 12.5. The van der Waals surface area contributed by atoms with Crippen molar-refractivity contribution in [3.05, 3.63) is 23.8 Å². The van der Waals surface area contributed by atoms with Gasteiger partial charge in [0.2, 0.25) is 0 Å². The molecule has 1 amide bonds. The van der Waals surface area contributed by atoms with Crippen LogP contribution in [-0.4, -0.2) is 44.4 Å². The van der Waals surface area contributed by atoms with E-state index in [9.17, 15) is 9.59 Å². The molecule has 0 aromatic carbocycles. The van der Waals surface area contributed by atoms with Gasteiger partial charge in [0.25, 0.3) is 5.91 Å². The normalized spacial score (nSPS) is 19.6. The summed E-state index contributed by atoms with van der Waals surface area (Å²) in [5.41, 5.74) is 0.260. The molecule has 0 saturated carbocycles. The second kappa shape index (κ2) is 5.12. The zero-order valence-corrected chi connectivity index (χ0v) is 10.2. The Morgan fingerprint density at radius 1 is 1.44 bits per heavy atom. The molecule has 1 aromatic heterocycles. The van der Waals surface area contributed by atoms with Crippen molar-refractivity contribution in [2.24, 2.45) is 0 Å². The Morgan fingerprint density at radius 3 is 2.89 bits per heavy atom. The summed E-state index contributed by atoms with van der Waals surface area (Å²) in [5, 5.41) is 9.13. The van der Waals surface area contributed by atoms with Crippen molar-refractivity contribution in [3.63, 3.8) is 0 Å². The van der Waals surface area contributed by atoms with Crippen molar-refractivity contribution < 1.29 is 14.7 Å². The molecule has 1 aliphatic heterocycles. The quantitative estimate of drug-likeness (QED) is 0.840. The third-order valence-electron chi connectivity index (χ3n) is 3.04. The molecule has 2 rings (SSSR count). The van der Waals surface area contributed by atoms with E-state index in [1.165, 1.54) is 17.2 Å². The van der Waals surface area contributed by atoms with Crippen molar-refractivity contribution in [2.75, 3.05) is 6.54 Å². The molecule has 1 unspecified atom stereocenters. The highest BCUT2D eigenvalue weighted by atomic mass is 16.4. The van der Waals surface area contributed by atoms with Crippen LogP contribution in [0.2, 0.25) is 0 Å². The Hall–Kier alpha value is -1.98. The predicted octanol–water partition coefficient (Wildman–Crippen LogP) is 0.864. The van der Waals surface area contributed by atoms with Crippen LogP contribution in [0, 0.1) is 6.92 Å². The van der Waals surface area contributed by atoms with Crippen molar-refractivity contribution in [3.8, 4) is 0 Å². The Bertz CT molecular complexity index is 475. The molecule has 6 nitrogen and oxygen atoms in total. The van der Waals surface area contributed by atoms with Gasteiger partial charge < -0.3 is 10.0 Å². The molecule has 2 heterocycles. The molecule has 6 heteroatoms. The van der Waals surface area contributed by atoms with Crippen molar-refractivity contribution >= 4 is 11.9 Å². The summed E-state index contributed by atoms with van der Waals surface area (Å²) in [5.74, 6) is -0.772. The third kappa shape index (κ3) is 2.47. The summed E-state index contributed by atoms with van der Waals surface area (Å²) in [4.78, 5) is 32.7. The minimum atomic E-state index is -0.950. The van der Waals surface area contributed by atoms with Crippen LogP contribution in [0.15, 0.2) is 12.3 Å². The summed E-state index contributed by atoms with van der Waals surface area (Å²) in [6.07, 6.45) is 3.68. The molecule has 18 heavy (non-hydrogen) atoms. The van der Waals surface area contributed by atoms with E-state index in [0.717, 1.165) is 12.8 Å². The van der Waals surface area contributed by atoms with Gasteiger partial charge in [-0.3, -0.25) is 4.79 Å². The van der Waals surface area contributed by atoms with Gasteiger partial charge in [0.15, 0.2) is 0 Å². The van der Waals surface area contributed by atoms with Gasteiger partial charge in [0.1, 0.15) is 17.6 Å². The van der Waals surface area contributed by atoms with E-state index in [1.807, 2.05) is 0 Å². The highest BCUT2D eigenvalue weighted by Crippen LogP contribution is 2.19. The van der Waals surface area contributed by atoms with Gasteiger partial charge in [-0.05, 0) is 32.3 Å². The van der Waals surface area contributed by atoms with Crippen LogP contribution < -0.4 is 0 Å². The van der Waals surface area contributed by atoms with E-state index in [2.05, 4.69) is 9.97 Å². The first-order chi connectivity index (χ1) is 8.59. The summed E-state index contributed by atoms with van der Waals surface area (Å²) >= 11 is 0. The van der Waals surface area contributed by atoms with Crippen molar-refractivity contribution in [1.29, 1.82) is 0 Å². The minimum Gasteiger partial charge on any atom is -0.480 e. The van der Waals surface area contributed by atoms with E-state index < -0.39 is 12.0 Å². The molecule has 0 radical (unpaired) electrons. The fraction of sp³-hybridized carbons (Fsp3) is 0.500. The molecule has 0 aliphatic carbocycles. The number of likely N-dealkylation sites (tertiary alicyclic amines) is 1. The molecule has 0 spiro atoms. The Kier molecular flexibility index (Phi) is 3.55. The molecule has 1 saturated heterocycles. The van der Waals surface area contributed by atoms with Gasteiger partial charge in [-0.25, -0.2) is 14.8 Å². The maximum atomic E-state index is 12.2. The highest BCUT2D eigenvalue weighted by molar-refractivity contribution is 5.95. The lowest BCUT2D eigenvalue weighted by Gasteiger charge is -2.32. The van der Waals surface area contributed by atoms with Crippen LogP contribution >= 0.6 is 0 Å². The zero-order chi connectivity index (χ0) is 13.1. The van der Waals surface area contributed by atoms with Gasteiger partial charge in [0, 0.05) is 12.7 Å². The smallest absolute Gasteiger partial charge is 0.326 e. The number of hydrogen-bond donors (Lipinski definition) is 1. The van der Waals surface area contributed by atoms with E-state index in [0.29, 0.717) is 18.8 Å². The van der Waals surface area contributed by atoms with E-state index in [-0.39, 0.29) is 11.6 Å². The molecule has 1 N–H and O–H groups in total. The van der Waals surface area contributed by atoms with Gasteiger partial charge in [0.05, 0.1) is 0 Å². The number of amides is 1. The topological polar surface area (TPSA) is 83.4 Å². The number of carboxylic acid groups (broad SMARTS) is 1. The molecule has 1 aliphatic rings. The summed E-state index contributed by atoms with van der Waals surface area (Å²) < 4.78 is 0. The first-order valence-corrected chi connectivity index (χ1v) is 5.93. The molecular formula is C12H15N3O3. The number of piperidine rings is 1. The molecule has 96 valence electrons. The summed E-state index contributed by atoms with van der Waals surface area (Å²) in [6.45, 7) is 2.17.